The molecule has 20 heavy (non-hydrogen) atoms. The number of anilines is 1. The highest BCUT2D eigenvalue weighted by atomic mass is 15.2. The second-order valence-electron chi connectivity index (χ2n) is 5.65. The minimum atomic E-state index is 0.669. The highest BCUT2D eigenvalue weighted by Crippen LogP contribution is 2.28. The highest BCUT2D eigenvalue weighted by molar-refractivity contribution is 5.46. The first-order chi connectivity index (χ1) is 9.93. The first-order valence-corrected chi connectivity index (χ1v) is 7.71. The van der Waals surface area contributed by atoms with E-state index >= 15 is 0 Å². The van der Waals surface area contributed by atoms with Crippen LogP contribution in [0.3, 0.4) is 0 Å². The molecule has 0 atom stereocenters. The van der Waals surface area contributed by atoms with E-state index in [0.717, 1.165) is 6.54 Å². The van der Waals surface area contributed by atoms with Crippen LogP contribution in [-0.4, -0.2) is 6.04 Å². The minimum Gasteiger partial charge on any atom is -0.364 e. The van der Waals surface area contributed by atoms with Crippen molar-refractivity contribution in [2.45, 2.75) is 44.7 Å². The molecule has 0 spiro atoms. The normalized spacial score (nSPS) is 16.0. The third-order valence-electron chi connectivity index (χ3n) is 4.21. The van der Waals surface area contributed by atoms with Crippen molar-refractivity contribution in [1.29, 1.82) is 0 Å². The summed E-state index contributed by atoms with van der Waals surface area (Å²) >= 11 is 0. The summed E-state index contributed by atoms with van der Waals surface area (Å²) in [6, 6.07) is 23.2. The minimum absolute atomic E-state index is 0.669. The first-order valence-electron chi connectivity index (χ1n) is 7.71. The Labute approximate surface area is 122 Å². The maximum Gasteiger partial charge on any atom is 0.0452 e. The van der Waals surface area contributed by atoms with Crippen LogP contribution >= 0.6 is 0 Å². The molecule has 3 rings (SSSR count). The predicted octanol–water partition coefficient (Wildman–Crippen LogP) is 4.83. The van der Waals surface area contributed by atoms with E-state index in [9.17, 15) is 0 Å². The fourth-order valence-corrected chi connectivity index (χ4v) is 3.15. The zero-order chi connectivity index (χ0) is 13.6. The van der Waals surface area contributed by atoms with Gasteiger partial charge in [-0.1, -0.05) is 67.8 Å². The summed E-state index contributed by atoms with van der Waals surface area (Å²) in [4.78, 5) is 2.55. The largest absolute Gasteiger partial charge is 0.364 e. The van der Waals surface area contributed by atoms with Crippen molar-refractivity contribution in [2.24, 2.45) is 0 Å². The SMILES string of the molecule is [c]1ccccc1N(Cc1ccccc1)C1CCCCC1. The van der Waals surface area contributed by atoms with E-state index in [0.29, 0.717) is 6.04 Å². The van der Waals surface area contributed by atoms with Crippen LogP contribution in [0.4, 0.5) is 5.69 Å². The molecule has 0 unspecified atom stereocenters. The van der Waals surface area contributed by atoms with Crippen LogP contribution < -0.4 is 4.90 Å². The molecule has 2 aromatic rings. The van der Waals surface area contributed by atoms with Gasteiger partial charge in [0.1, 0.15) is 0 Å². The van der Waals surface area contributed by atoms with Gasteiger partial charge in [0.25, 0.3) is 0 Å². The van der Waals surface area contributed by atoms with E-state index in [-0.39, 0.29) is 0 Å². The maximum atomic E-state index is 3.41. The summed E-state index contributed by atoms with van der Waals surface area (Å²) in [5, 5.41) is 0. The number of benzene rings is 2. The lowest BCUT2D eigenvalue weighted by Crippen LogP contribution is -2.36. The second kappa shape index (κ2) is 6.60. The van der Waals surface area contributed by atoms with Crippen molar-refractivity contribution >= 4 is 5.69 Å². The van der Waals surface area contributed by atoms with E-state index in [1.54, 1.807) is 0 Å². The second-order valence-corrected chi connectivity index (χ2v) is 5.65. The van der Waals surface area contributed by atoms with Gasteiger partial charge in [0, 0.05) is 24.3 Å². The molecule has 1 aliphatic carbocycles. The lowest BCUT2D eigenvalue weighted by atomic mass is 9.93. The Hall–Kier alpha value is -1.76. The Morgan fingerprint density at radius 2 is 1.65 bits per heavy atom. The van der Waals surface area contributed by atoms with Crippen LogP contribution in [0, 0.1) is 6.07 Å². The Bertz CT molecular complexity index is 500. The smallest absolute Gasteiger partial charge is 0.0452 e. The van der Waals surface area contributed by atoms with Crippen molar-refractivity contribution in [2.75, 3.05) is 4.90 Å². The van der Waals surface area contributed by atoms with Crippen LogP contribution in [0.2, 0.25) is 0 Å². The van der Waals surface area contributed by atoms with Gasteiger partial charge < -0.3 is 4.90 Å². The molecule has 1 heteroatoms. The summed E-state index contributed by atoms with van der Waals surface area (Å²) in [6.45, 7) is 0.992. The molecule has 0 heterocycles. The Morgan fingerprint density at radius 3 is 2.35 bits per heavy atom. The van der Waals surface area contributed by atoms with Gasteiger partial charge in [0.2, 0.25) is 0 Å². The predicted molar refractivity (Wildman–Crippen MR) is 84.8 cm³/mol. The maximum absolute atomic E-state index is 3.41. The van der Waals surface area contributed by atoms with E-state index in [4.69, 9.17) is 0 Å². The van der Waals surface area contributed by atoms with E-state index < -0.39 is 0 Å². The summed E-state index contributed by atoms with van der Waals surface area (Å²) < 4.78 is 0. The fraction of sp³-hybridized carbons (Fsp3) is 0.368. The van der Waals surface area contributed by atoms with Crippen LogP contribution in [0.1, 0.15) is 37.7 Å². The Kier molecular flexibility index (Phi) is 4.37. The molecule has 1 nitrogen and oxygen atoms in total. The number of nitrogens with zero attached hydrogens (tertiary/aromatic N) is 1. The van der Waals surface area contributed by atoms with E-state index in [1.807, 2.05) is 12.1 Å². The van der Waals surface area contributed by atoms with E-state index in [1.165, 1.54) is 43.4 Å². The number of hydrogen-bond donors (Lipinski definition) is 0. The Balaban J connectivity index is 1.83. The Morgan fingerprint density at radius 1 is 0.900 bits per heavy atom. The molecule has 2 aromatic carbocycles. The van der Waals surface area contributed by atoms with Crippen molar-refractivity contribution in [1.82, 2.24) is 0 Å². The van der Waals surface area contributed by atoms with E-state index in [2.05, 4.69) is 53.4 Å². The van der Waals surface area contributed by atoms with Gasteiger partial charge in [0.05, 0.1) is 0 Å². The van der Waals surface area contributed by atoms with Crippen molar-refractivity contribution in [3.63, 3.8) is 0 Å². The summed E-state index contributed by atoms with van der Waals surface area (Å²) in [6.07, 6.45) is 6.75. The van der Waals surface area contributed by atoms with Crippen molar-refractivity contribution in [3.05, 3.63) is 66.2 Å². The molecular weight excluding hydrogens is 242 g/mol. The molecule has 0 aromatic heterocycles. The van der Waals surface area contributed by atoms with Crippen LogP contribution in [0.15, 0.2) is 54.6 Å². The molecule has 1 radical (unpaired) electrons. The van der Waals surface area contributed by atoms with Crippen molar-refractivity contribution < 1.29 is 0 Å². The third-order valence-corrected chi connectivity index (χ3v) is 4.21. The molecule has 1 fully saturated rings. The van der Waals surface area contributed by atoms with Gasteiger partial charge >= 0.3 is 0 Å². The number of hydrogen-bond acceptors (Lipinski definition) is 1. The molecule has 1 aliphatic rings. The monoisotopic (exact) mass is 264 g/mol. The fourth-order valence-electron chi connectivity index (χ4n) is 3.15. The van der Waals surface area contributed by atoms with Crippen LogP contribution in [0.25, 0.3) is 0 Å². The molecule has 0 aliphatic heterocycles. The average molecular weight is 264 g/mol. The van der Waals surface area contributed by atoms with Crippen LogP contribution in [-0.2, 0) is 6.54 Å². The highest BCUT2D eigenvalue weighted by Gasteiger charge is 2.21. The lowest BCUT2D eigenvalue weighted by Gasteiger charge is -2.36. The quantitative estimate of drug-likeness (QED) is 0.764. The van der Waals surface area contributed by atoms with Crippen molar-refractivity contribution in [3.8, 4) is 0 Å². The van der Waals surface area contributed by atoms with Gasteiger partial charge in [-0.2, -0.15) is 0 Å². The zero-order valence-electron chi connectivity index (χ0n) is 12.0. The zero-order valence-corrected chi connectivity index (χ0v) is 12.0. The molecule has 0 saturated heterocycles. The average Bonchev–Trinajstić information content (AvgIpc) is 2.55. The molecule has 103 valence electrons. The first kappa shape index (κ1) is 13.2. The standard InChI is InChI=1S/C19H22N/c1-4-10-17(11-5-1)16-20(18-12-6-2-7-13-18)19-14-8-3-9-15-19/h1-2,4-7,10-12,19H,3,8-9,14-16H2. The molecule has 0 N–H and O–H groups in total. The summed E-state index contributed by atoms with van der Waals surface area (Å²) in [5.74, 6) is 0. The van der Waals surface area contributed by atoms with Gasteiger partial charge in [-0.25, -0.2) is 0 Å². The molecular formula is C19H22N. The molecule has 0 amide bonds. The number of para-hydroxylation sites is 1. The lowest BCUT2D eigenvalue weighted by molar-refractivity contribution is 0.413. The third kappa shape index (κ3) is 3.22. The molecule has 0 bridgehead atoms. The summed E-state index contributed by atoms with van der Waals surface area (Å²) in [5.41, 5.74) is 2.62. The van der Waals surface area contributed by atoms with Crippen LogP contribution in [0.5, 0.6) is 0 Å². The van der Waals surface area contributed by atoms with Gasteiger partial charge in [-0.05, 0) is 24.5 Å². The van der Waals surface area contributed by atoms with Gasteiger partial charge in [-0.3, -0.25) is 0 Å². The van der Waals surface area contributed by atoms with Gasteiger partial charge in [0.15, 0.2) is 0 Å². The summed E-state index contributed by atoms with van der Waals surface area (Å²) in [7, 11) is 0. The number of rotatable bonds is 4. The molecule has 1 saturated carbocycles. The topological polar surface area (TPSA) is 3.24 Å². The van der Waals surface area contributed by atoms with Gasteiger partial charge in [-0.15, -0.1) is 0 Å².